The molecule has 2 aliphatic rings. The summed E-state index contributed by atoms with van der Waals surface area (Å²) in [6.45, 7) is 3.27. The first-order valence-corrected chi connectivity index (χ1v) is 6.85. The molecule has 17 heavy (non-hydrogen) atoms. The summed E-state index contributed by atoms with van der Waals surface area (Å²) in [4.78, 5) is 12.1. The molecule has 0 aromatic carbocycles. The van der Waals surface area contributed by atoms with Gasteiger partial charge in [-0.3, -0.25) is 4.79 Å². The Morgan fingerprint density at radius 1 is 1.41 bits per heavy atom. The Hall–Kier alpha value is -0.610. The van der Waals surface area contributed by atoms with Crippen molar-refractivity contribution in [3.8, 4) is 0 Å². The lowest BCUT2D eigenvalue weighted by molar-refractivity contribution is -0.127. The first kappa shape index (κ1) is 12.8. The monoisotopic (exact) mass is 240 g/mol. The summed E-state index contributed by atoms with van der Waals surface area (Å²) in [6, 6.07) is 0.648. The van der Waals surface area contributed by atoms with E-state index in [2.05, 4.69) is 17.6 Å². The second-order valence-corrected chi connectivity index (χ2v) is 5.57. The van der Waals surface area contributed by atoms with Crippen molar-refractivity contribution in [1.29, 1.82) is 0 Å². The zero-order chi connectivity index (χ0) is 12.3. The van der Waals surface area contributed by atoms with E-state index in [0.29, 0.717) is 6.04 Å². The second-order valence-electron chi connectivity index (χ2n) is 5.57. The zero-order valence-electron chi connectivity index (χ0n) is 10.6. The molecule has 0 aromatic rings. The lowest BCUT2D eigenvalue weighted by Gasteiger charge is -2.29. The predicted molar refractivity (Wildman–Crippen MR) is 66.5 cm³/mol. The molecule has 1 saturated carbocycles. The molecule has 0 spiro atoms. The lowest BCUT2D eigenvalue weighted by Crippen LogP contribution is -2.46. The molecular weight excluding hydrogens is 216 g/mol. The lowest BCUT2D eigenvalue weighted by atomic mass is 9.92. The maximum absolute atomic E-state index is 12.1. The van der Waals surface area contributed by atoms with E-state index in [1.54, 1.807) is 0 Å². The molecule has 4 heteroatoms. The van der Waals surface area contributed by atoms with Gasteiger partial charge in [-0.15, -0.1) is 0 Å². The highest BCUT2D eigenvalue weighted by Gasteiger charge is 2.31. The molecule has 3 N–H and O–H groups in total. The van der Waals surface area contributed by atoms with Gasteiger partial charge >= 0.3 is 0 Å². The molecule has 1 aliphatic carbocycles. The SMILES string of the molecule is CC1CC(C(=O)NC2CCCC2CO)CCN1. The number of nitrogens with one attached hydrogen (secondary N) is 2. The molecule has 1 saturated heterocycles. The van der Waals surface area contributed by atoms with Gasteiger partial charge in [-0.25, -0.2) is 0 Å². The van der Waals surface area contributed by atoms with Crippen molar-refractivity contribution in [3.63, 3.8) is 0 Å². The Morgan fingerprint density at radius 2 is 2.24 bits per heavy atom. The Bertz CT molecular complexity index is 270. The van der Waals surface area contributed by atoms with Gasteiger partial charge in [0.1, 0.15) is 0 Å². The van der Waals surface area contributed by atoms with Crippen molar-refractivity contribution in [2.75, 3.05) is 13.2 Å². The van der Waals surface area contributed by atoms with E-state index in [1.807, 2.05) is 0 Å². The Labute approximate surface area is 103 Å². The van der Waals surface area contributed by atoms with Crippen molar-refractivity contribution in [1.82, 2.24) is 10.6 Å². The summed E-state index contributed by atoms with van der Waals surface area (Å²) in [5.74, 6) is 0.632. The van der Waals surface area contributed by atoms with E-state index in [-0.39, 0.29) is 30.4 Å². The summed E-state index contributed by atoms with van der Waals surface area (Å²) >= 11 is 0. The van der Waals surface area contributed by atoms with Gasteiger partial charge < -0.3 is 15.7 Å². The molecule has 0 bridgehead atoms. The first-order valence-electron chi connectivity index (χ1n) is 6.85. The summed E-state index contributed by atoms with van der Waals surface area (Å²) in [6.07, 6.45) is 5.06. The fraction of sp³-hybridized carbons (Fsp3) is 0.923. The molecule has 0 radical (unpaired) electrons. The van der Waals surface area contributed by atoms with Crippen LogP contribution in [0.2, 0.25) is 0 Å². The second kappa shape index (κ2) is 5.83. The van der Waals surface area contributed by atoms with E-state index in [4.69, 9.17) is 0 Å². The van der Waals surface area contributed by atoms with Gasteiger partial charge in [-0.2, -0.15) is 0 Å². The third kappa shape index (κ3) is 3.19. The van der Waals surface area contributed by atoms with Crippen LogP contribution in [0.15, 0.2) is 0 Å². The van der Waals surface area contributed by atoms with Gasteiger partial charge in [-0.1, -0.05) is 6.42 Å². The summed E-state index contributed by atoms with van der Waals surface area (Å²) in [5, 5.41) is 15.7. The Kier molecular flexibility index (Phi) is 4.40. The normalized spacial score (nSPS) is 38.0. The van der Waals surface area contributed by atoms with Crippen LogP contribution < -0.4 is 10.6 Å². The van der Waals surface area contributed by atoms with E-state index in [9.17, 15) is 9.90 Å². The molecule has 4 nitrogen and oxygen atoms in total. The molecule has 1 amide bonds. The van der Waals surface area contributed by atoms with Crippen molar-refractivity contribution >= 4 is 5.91 Å². The number of piperidine rings is 1. The van der Waals surface area contributed by atoms with Gasteiger partial charge in [0.15, 0.2) is 0 Å². The van der Waals surface area contributed by atoms with E-state index >= 15 is 0 Å². The average Bonchev–Trinajstić information content (AvgIpc) is 2.76. The minimum atomic E-state index is 0.159. The molecule has 4 unspecified atom stereocenters. The third-order valence-corrected chi connectivity index (χ3v) is 4.22. The Morgan fingerprint density at radius 3 is 2.94 bits per heavy atom. The van der Waals surface area contributed by atoms with Crippen molar-refractivity contribution < 1.29 is 9.90 Å². The van der Waals surface area contributed by atoms with Crippen LogP contribution in [0.1, 0.15) is 39.0 Å². The largest absolute Gasteiger partial charge is 0.396 e. The fourth-order valence-corrected chi connectivity index (χ4v) is 3.12. The first-order chi connectivity index (χ1) is 8.20. The van der Waals surface area contributed by atoms with Gasteiger partial charge in [0.2, 0.25) is 5.91 Å². The van der Waals surface area contributed by atoms with Crippen LogP contribution in [0.5, 0.6) is 0 Å². The number of hydrogen-bond acceptors (Lipinski definition) is 3. The van der Waals surface area contributed by atoms with Crippen LogP contribution in [-0.4, -0.2) is 36.2 Å². The highest BCUT2D eigenvalue weighted by Crippen LogP contribution is 2.26. The minimum absolute atomic E-state index is 0.159. The van der Waals surface area contributed by atoms with Crippen molar-refractivity contribution in [2.24, 2.45) is 11.8 Å². The number of carbonyl (C=O) groups is 1. The van der Waals surface area contributed by atoms with Crippen LogP contribution in [-0.2, 0) is 4.79 Å². The maximum atomic E-state index is 12.1. The smallest absolute Gasteiger partial charge is 0.223 e. The molecule has 2 fully saturated rings. The van der Waals surface area contributed by atoms with Crippen LogP contribution >= 0.6 is 0 Å². The summed E-state index contributed by atoms with van der Waals surface area (Å²) < 4.78 is 0. The average molecular weight is 240 g/mol. The molecule has 0 aromatic heterocycles. The van der Waals surface area contributed by atoms with Crippen molar-refractivity contribution in [3.05, 3.63) is 0 Å². The van der Waals surface area contributed by atoms with Crippen LogP contribution in [0.25, 0.3) is 0 Å². The molecule has 4 atom stereocenters. The number of hydrogen-bond donors (Lipinski definition) is 3. The maximum Gasteiger partial charge on any atom is 0.223 e. The molecule has 2 rings (SSSR count). The summed E-state index contributed by atoms with van der Waals surface area (Å²) in [5.41, 5.74) is 0. The highest BCUT2D eigenvalue weighted by atomic mass is 16.3. The quantitative estimate of drug-likeness (QED) is 0.679. The topological polar surface area (TPSA) is 61.4 Å². The summed E-state index contributed by atoms with van der Waals surface area (Å²) in [7, 11) is 0. The molecule has 1 aliphatic heterocycles. The minimum Gasteiger partial charge on any atom is -0.396 e. The number of amides is 1. The van der Waals surface area contributed by atoms with Gasteiger partial charge in [0, 0.05) is 30.5 Å². The molecular formula is C13H24N2O2. The zero-order valence-corrected chi connectivity index (χ0v) is 10.6. The van der Waals surface area contributed by atoms with Gasteiger partial charge in [0.25, 0.3) is 0 Å². The van der Waals surface area contributed by atoms with E-state index in [0.717, 1.165) is 38.6 Å². The number of rotatable bonds is 3. The van der Waals surface area contributed by atoms with Crippen LogP contribution in [0, 0.1) is 11.8 Å². The van der Waals surface area contributed by atoms with Crippen LogP contribution in [0.4, 0.5) is 0 Å². The highest BCUT2D eigenvalue weighted by molar-refractivity contribution is 5.79. The van der Waals surface area contributed by atoms with E-state index in [1.165, 1.54) is 0 Å². The number of aliphatic hydroxyl groups is 1. The number of carbonyl (C=O) groups excluding carboxylic acids is 1. The van der Waals surface area contributed by atoms with Gasteiger partial charge in [0.05, 0.1) is 0 Å². The fourth-order valence-electron chi connectivity index (χ4n) is 3.12. The van der Waals surface area contributed by atoms with E-state index < -0.39 is 0 Å². The predicted octanol–water partition coefficient (Wildman–Crippen LogP) is 0.652. The molecule has 1 heterocycles. The van der Waals surface area contributed by atoms with Crippen LogP contribution in [0.3, 0.4) is 0 Å². The standard InChI is InChI=1S/C13H24N2O2/c1-9-7-10(5-6-14-9)13(17)15-12-4-2-3-11(12)8-16/h9-12,14,16H,2-8H2,1H3,(H,15,17). The third-order valence-electron chi connectivity index (χ3n) is 4.22. The number of aliphatic hydroxyl groups excluding tert-OH is 1. The Balaban J connectivity index is 1.83. The molecule has 98 valence electrons. The van der Waals surface area contributed by atoms with Gasteiger partial charge in [-0.05, 0) is 39.2 Å². The van der Waals surface area contributed by atoms with Crippen molar-refractivity contribution in [2.45, 2.75) is 51.1 Å².